The number of sulfone groups is 1. The predicted molar refractivity (Wildman–Crippen MR) is 129 cm³/mol. The van der Waals surface area contributed by atoms with Gasteiger partial charge < -0.3 is 29.4 Å². The first-order valence-electron chi connectivity index (χ1n) is 11.1. The molecular formula is C24H26FN3O7S. The van der Waals surface area contributed by atoms with Crippen LogP contribution in [0.5, 0.6) is 17.2 Å². The average molecular weight is 520 g/mol. The van der Waals surface area contributed by atoms with Gasteiger partial charge in [-0.25, -0.2) is 22.8 Å². The summed E-state index contributed by atoms with van der Waals surface area (Å²) in [6.45, 7) is 0.714. The molecular weight excluding hydrogens is 493 g/mol. The molecule has 0 amide bonds. The number of nitrogens with one attached hydrogen (secondary N) is 1. The summed E-state index contributed by atoms with van der Waals surface area (Å²) < 4.78 is 53.6. The van der Waals surface area contributed by atoms with Gasteiger partial charge in [0, 0.05) is 23.6 Å². The summed E-state index contributed by atoms with van der Waals surface area (Å²) in [5.41, 5.74) is 1.89. The van der Waals surface area contributed by atoms with Crippen molar-refractivity contribution in [3.8, 4) is 28.5 Å². The number of nitrogens with zero attached hydrogens (tertiary/aromatic N) is 2. The number of aliphatic hydroxyl groups is 2. The molecule has 2 aromatic heterocycles. The average Bonchev–Trinajstić information content (AvgIpc) is 3.53. The van der Waals surface area contributed by atoms with Crippen molar-refractivity contribution in [3.05, 3.63) is 54.4 Å². The van der Waals surface area contributed by atoms with E-state index in [9.17, 15) is 17.9 Å². The van der Waals surface area contributed by atoms with E-state index < -0.39 is 41.4 Å². The quantitative estimate of drug-likeness (QED) is 0.371. The molecule has 0 spiro atoms. The van der Waals surface area contributed by atoms with Crippen LogP contribution in [-0.2, 0) is 14.6 Å². The fourth-order valence-corrected chi connectivity index (χ4v) is 4.01. The molecule has 3 heterocycles. The van der Waals surface area contributed by atoms with E-state index in [1.807, 2.05) is 0 Å². The number of hydrogen-bond donors (Lipinski definition) is 3. The highest BCUT2D eigenvalue weighted by atomic mass is 32.2. The zero-order valence-corrected chi connectivity index (χ0v) is 20.4. The number of aliphatic hydroxyl groups excluding tert-OH is 2. The maximum absolute atomic E-state index is 13.1. The Morgan fingerprint density at radius 3 is 2.58 bits per heavy atom. The summed E-state index contributed by atoms with van der Waals surface area (Å²) in [6, 6.07) is 11.4. The first-order chi connectivity index (χ1) is 17.2. The number of hydrogen-bond acceptors (Lipinski definition) is 9. The minimum Gasteiger partial charge on any atom is -0.488 e. The van der Waals surface area contributed by atoms with E-state index >= 15 is 0 Å². The van der Waals surface area contributed by atoms with E-state index in [1.54, 1.807) is 37.3 Å². The van der Waals surface area contributed by atoms with Crippen LogP contribution in [0.25, 0.3) is 11.3 Å². The molecule has 36 heavy (non-hydrogen) atoms. The number of rotatable bonds is 10. The normalized spacial score (nSPS) is 17.2. The summed E-state index contributed by atoms with van der Waals surface area (Å²) in [6.07, 6.45) is 0.0227. The Morgan fingerprint density at radius 2 is 1.92 bits per heavy atom. The molecule has 3 aromatic rings. The van der Waals surface area contributed by atoms with Gasteiger partial charge >= 0.3 is 0 Å². The molecule has 12 heteroatoms. The van der Waals surface area contributed by atoms with Crippen LogP contribution < -0.4 is 9.47 Å². The number of pyridine rings is 1. The maximum atomic E-state index is 13.1. The predicted octanol–water partition coefficient (Wildman–Crippen LogP) is 2.51. The zero-order chi connectivity index (χ0) is 25.9. The van der Waals surface area contributed by atoms with Gasteiger partial charge in [-0.05, 0) is 43.3 Å². The maximum Gasteiger partial charge on any atom is 0.233 e. The number of ether oxygens (including phenoxy) is 3. The van der Waals surface area contributed by atoms with Crippen LogP contribution in [0.2, 0.25) is 0 Å². The Morgan fingerprint density at radius 1 is 1.17 bits per heavy atom. The Hall–Kier alpha value is -3.48. The second kappa shape index (κ2) is 10.6. The Balaban J connectivity index is 1.60. The lowest BCUT2D eigenvalue weighted by Crippen LogP contribution is -2.32. The van der Waals surface area contributed by atoms with Crippen molar-refractivity contribution < 1.29 is 37.2 Å². The van der Waals surface area contributed by atoms with Crippen molar-refractivity contribution >= 4 is 15.7 Å². The monoisotopic (exact) mass is 519 g/mol. The van der Waals surface area contributed by atoms with Crippen LogP contribution >= 0.6 is 0 Å². The van der Waals surface area contributed by atoms with Gasteiger partial charge in [0.1, 0.15) is 47.9 Å². The smallest absolute Gasteiger partial charge is 0.233 e. The van der Waals surface area contributed by atoms with E-state index in [1.165, 1.54) is 18.3 Å². The van der Waals surface area contributed by atoms with E-state index in [2.05, 4.69) is 15.0 Å². The number of aliphatic imine (C=N–C) groups is 1. The van der Waals surface area contributed by atoms with Gasteiger partial charge in [0.25, 0.3) is 0 Å². The van der Waals surface area contributed by atoms with Crippen LogP contribution in [0.15, 0.2) is 58.7 Å². The van der Waals surface area contributed by atoms with Gasteiger partial charge in [-0.1, -0.05) is 0 Å². The van der Waals surface area contributed by atoms with Crippen molar-refractivity contribution in [2.75, 3.05) is 26.1 Å². The van der Waals surface area contributed by atoms with Crippen LogP contribution in [0.1, 0.15) is 12.6 Å². The molecule has 192 valence electrons. The summed E-state index contributed by atoms with van der Waals surface area (Å²) in [5, 5.41) is 18.8. The lowest BCUT2D eigenvalue weighted by atomic mass is 10.1. The van der Waals surface area contributed by atoms with E-state index in [0.717, 1.165) is 6.26 Å². The largest absolute Gasteiger partial charge is 0.488 e. The third-order valence-corrected chi connectivity index (χ3v) is 6.28. The number of aromatic nitrogens is 2. The van der Waals surface area contributed by atoms with Gasteiger partial charge in [-0.3, -0.25) is 0 Å². The van der Waals surface area contributed by atoms with Crippen LogP contribution in [0.3, 0.4) is 0 Å². The van der Waals surface area contributed by atoms with Crippen molar-refractivity contribution in [3.63, 3.8) is 0 Å². The molecule has 0 fully saturated rings. The first kappa shape index (κ1) is 25.6. The summed E-state index contributed by atoms with van der Waals surface area (Å²) in [7, 11) is -3.45. The van der Waals surface area contributed by atoms with Crippen LogP contribution in [0, 0.1) is 0 Å². The second-order valence-corrected chi connectivity index (χ2v) is 10.3. The Labute approximate surface area is 207 Å². The Bertz CT molecular complexity index is 1340. The highest BCUT2D eigenvalue weighted by Gasteiger charge is 2.28. The van der Waals surface area contributed by atoms with E-state index in [-0.39, 0.29) is 11.6 Å². The molecule has 0 saturated heterocycles. The van der Waals surface area contributed by atoms with Crippen LogP contribution in [0.4, 0.5) is 4.39 Å². The molecule has 1 aromatic carbocycles. The van der Waals surface area contributed by atoms with Crippen molar-refractivity contribution in [1.82, 2.24) is 9.97 Å². The molecule has 1 aliphatic rings. The zero-order valence-electron chi connectivity index (χ0n) is 19.6. The molecule has 4 rings (SSSR count). The molecule has 0 aliphatic carbocycles. The van der Waals surface area contributed by atoms with Gasteiger partial charge in [0.05, 0.1) is 19.3 Å². The minimum absolute atomic E-state index is 0.0749. The molecule has 0 radical (unpaired) electrons. The van der Waals surface area contributed by atoms with E-state index in [0.29, 0.717) is 40.1 Å². The van der Waals surface area contributed by atoms with Gasteiger partial charge in [-0.15, -0.1) is 0 Å². The van der Waals surface area contributed by atoms with E-state index in [4.69, 9.17) is 19.3 Å². The summed E-state index contributed by atoms with van der Waals surface area (Å²) in [4.78, 5) is 11.4. The summed E-state index contributed by atoms with van der Waals surface area (Å²) >= 11 is 0. The molecule has 1 aliphatic heterocycles. The SMILES string of the molecule is C[C@@H](CF)Oc1cc(Oc2ccc(S(C)(=O)=O)nc2)cc(-c2ccc(C3=NCC([C@@H](O)CO)O3)[nH]2)c1. The number of alkyl halides is 1. The number of halogens is 1. The van der Waals surface area contributed by atoms with Crippen LogP contribution in [-0.4, -0.2) is 78.9 Å². The topological polar surface area (TPSA) is 143 Å². The molecule has 1 unspecified atom stereocenters. The highest BCUT2D eigenvalue weighted by molar-refractivity contribution is 7.90. The molecule has 0 bridgehead atoms. The fraction of sp³-hybridized carbons (Fsp3) is 0.333. The second-order valence-electron chi connectivity index (χ2n) is 8.32. The summed E-state index contributed by atoms with van der Waals surface area (Å²) in [5.74, 6) is 1.34. The van der Waals surface area contributed by atoms with Gasteiger partial charge in [0.15, 0.2) is 14.9 Å². The standard InChI is InChI=1S/C24H26FN3O7S/c1-14(10-25)33-17-7-15(8-18(9-17)34-16-3-6-23(26-11-16)36(2,31)32)19-4-5-20(28-19)24-27-12-22(35-24)21(30)13-29/h3-9,11,14,21-22,28-30H,10,12-13H2,1-2H3/t14-,21-,22?/m0/s1. The van der Waals surface area contributed by atoms with Crippen molar-refractivity contribution in [2.45, 2.75) is 30.3 Å². The lowest BCUT2D eigenvalue weighted by molar-refractivity contribution is 0.00723. The van der Waals surface area contributed by atoms with Crippen molar-refractivity contribution in [2.24, 2.45) is 4.99 Å². The highest BCUT2D eigenvalue weighted by Crippen LogP contribution is 2.33. The third kappa shape index (κ3) is 6.01. The van der Waals surface area contributed by atoms with Crippen molar-refractivity contribution in [1.29, 1.82) is 0 Å². The number of aromatic amines is 1. The first-order valence-corrected chi connectivity index (χ1v) is 13.0. The minimum atomic E-state index is -3.45. The lowest BCUT2D eigenvalue weighted by Gasteiger charge is -2.15. The van der Waals surface area contributed by atoms with Gasteiger partial charge in [0.2, 0.25) is 5.90 Å². The van der Waals surface area contributed by atoms with Gasteiger partial charge in [-0.2, -0.15) is 0 Å². The third-order valence-electron chi connectivity index (χ3n) is 5.28. The molecule has 3 atom stereocenters. The molecule has 0 saturated carbocycles. The fourth-order valence-electron chi connectivity index (χ4n) is 3.45. The number of benzene rings is 1. The number of H-pyrrole nitrogens is 1. The molecule has 3 N–H and O–H groups in total. The Kier molecular flexibility index (Phi) is 7.57. The molecule has 10 nitrogen and oxygen atoms in total.